The van der Waals surface area contributed by atoms with Gasteiger partial charge in [0.1, 0.15) is 6.10 Å². The van der Waals surface area contributed by atoms with Crippen molar-refractivity contribution in [2.45, 2.75) is 148 Å². The highest BCUT2D eigenvalue weighted by Crippen LogP contribution is 2.87. The summed E-state index contributed by atoms with van der Waals surface area (Å²) in [5, 5.41) is 30.4. The van der Waals surface area contributed by atoms with E-state index in [1.54, 1.807) is 13.8 Å². The second-order valence-corrected chi connectivity index (χ2v) is 17.7. The second kappa shape index (κ2) is 10.9. The number of morpholine rings is 1. The molecule has 0 aromatic carbocycles. The Morgan fingerprint density at radius 3 is 2.57 bits per heavy atom. The summed E-state index contributed by atoms with van der Waals surface area (Å²) in [6.07, 6.45) is 12.0. The first kappa shape index (κ1) is 31.8. The zero-order valence-corrected chi connectivity index (χ0v) is 27.9. The molecule has 0 radical (unpaired) electrons. The smallest absolute Gasteiger partial charge is 0.303 e. The molecule has 252 valence electrons. The number of aliphatic hydroxyl groups excluding tert-OH is 1. The molecule has 0 aromatic rings. The second-order valence-electron chi connectivity index (χ2n) is 17.7. The molecule has 9 unspecified atom stereocenters. The first-order chi connectivity index (χ1) is 20.7. The summed E-state index contributed by atoms with van der Waals surface area (Å²) in [6.45, 7) is 13.9. The number of aliphatic hydroxyl groups is 2. The quantitative estimate of drug-likeness (QED) is 0.328. The van der Waals surface area contributed by atoms with Crippen LogP contribution in [0.2, 0.25) is 0 Å². The summed E-state index contributed by atoms with van der Waals surface area (Å²) in [5.74, 6) is 2.00. The molecule has 2 spiro atoms. The zero-order chi connectivity index (χ0) is 31.3. The maximum atomic E-state index is 11.0. The number of aliphatic carboxylic acids is 1. The van der Waals surface area contributed by atoms with Gasteiger partial charge in [-0.2, -0.15) is 0 Å². The molecule has 0 bridgehead atoms. The Labute approximate surface area is 266 Å². The number of nitrogens with zero attached hydrogens (tertiary/aromatic N) is 1. The normalized spacial score (nSPS) is 48.7. The van der Waals surface area contributed by atoms with Gasteiger partial charge in [-0.05, 0) is 136 Å². The van der Waals surface area contributed by atoms with Crippen molar-refractivity contribution in [3.05, 3.63) is 0 Å². The highest BCUT2D eigenvalue weighted by molar-refractivity contribution is 5.66. The molecule has 7 rings (SSSR count). The molecule has 8 heteroatoms. The van der Waals surface area contributed by atoms with E-state index < -0.39 is 17.7 Å². The summed E-state index contributed by atoms with van der Waals surface area (Å²) >= 11 is 0. The van der Waals surface area contributed by atoms with E-state index in [0.29, 0.717) is 47.0 Å². The van der Waals surface area contributed by atoms with E-state index in [2.05, 4.69) is 25.7 Å². The van der Waals surface area contributed by atoms with Gasteiger partial charge in [0.15, 0.2) is 6.29 Å². The number of rotatable bonds is 8. The molecular weight excluding hydrogens is 558 g/mol. The van der Waals surface area contributed by atoms with Crippen molar-refractivity contribution in [3.63, 3.8) is 0 Å². The van der Waals surface area contributed by atoms with Gasteiger partial charge in [0.05, 0.1) is 30.5 Å². The Bertz CT molecular complexity index is 1110. The maximum absolute atomic E-state index is 11.0. The molecule has 7 aliphatic rings. The molecular formula is C36H61NO7. The van der Waals surface area contributed by atoms with Crippen LogP contribution in [0.15, 0.2) is 0 Å². The van der Waals surface area contributed by atoms with Crippen LogP contribution in [-0.4, -0.2) is 88.7 Å². The summed E-state index contributed by atoms with van der Waals surface area (Å²) in [6, 6.07) is 0. The number of carboxylic acid groups (broad SMARTS) is 1. The Morgan fingerprint density at radius 1 is 1.05 bits per heavy atom. The van der Waals surface area contributed by atoms with Crippen molar-refractivity contribution in [2.75, 3.05) is 26.2 Å². The van der Waals surface area contributed by atoms with Crippen LogP contribution in [0.3, 0.4) is 0 Å². The summed E-state index contributed by atoms with van der Waals surface area (Å²) in [5.41, 5.74) is 0.201. The monoisotopic (exact) mass is 619 g/mol. The molecule has 12 atom stereocenters. The standard InChI is InChI=1S/C36H59NO7.H2/c1-32(2)27-11-9-22-24-19-26-23(8-10-25(43-26)31(40)33(3,4)41)34(24,5)14-15-35(22)21-36(27,35)13-12-28(32)44-30-20-37(17-18-42-30)16-6-7-29(38)39;/h22-28,30-31,40-41H,6-21H2,1-5H3,(H,38,39);1H/t22?,23?,24?,25?,26?,27?,28-,30?,31-,34?,35-,36?;/m0./s1. The largest absolute Gasteiger partial charge is 0.481 e. The Morgan fingerprint density at radius 2 is 1.82 bits per heavy atom. The van der Waals surface area contributed by atoms with E-state index in [1.807, 2.05) is 0 Å². The van der Waals surface area contributed by atoms with Crippen LogP contribution < -0.4 is 0 Å². The van der Waals surface area contributed by atoms with Crippen LogP contribution in [0.1, 0.15) is 113 Å². The molecule has 2 aliphatic heterocycles. The van der Waals surface area contributed by atoms with Gasteiger partial charge in [-0.1, -0.05) is 20.8 Å². The Kier molecular flexibility index (Phi) is 7.87. The van der Waals surface area contributed by atoms with Crippen LogP contribution >= 0.6 is 0 Å². The average molecular weight is 620 g/mol. The molecule has 3 N–H and O–H groups in total. The number of hydrogen-bond donors (Lipinski definition) is 3. The molecule has 0 amide bonds. The number of hydrogen-bond acceptors (Lipinski definition) is 7. The number of carboxylic acids is 1. The van der Waals surface area contributed by atoms with Crippen LogP contribution in [0, 0.1) is 45.3 Å². The average Bonchev–Trinajstić information content (AvgIpc) is 3.53. The van der Waals surface area contributed by atoms with Crippen LogP contribution in [-0.2, 0) is 19.0 Å². The molecule has 2 saturated heterocycles. The first-order valence-corrected chi connectivity index (χ1v) is 18.0. The summed E-state index contributed by atoms with van der Waals surface area (Å²) in [4.78, 5) is 13.3. The van der Waals surface area contributed by atoms with Crippen LogP contribution in [0.5, 0.6) is 0 Å². The van der Waals surface area contributed by atoms with Gasteiger partial charge in [0, 0.05) is 20.9 Å². The Hall–Kier alpha value is -0.770. The van der Waals surface area contributed by atoms with Gasteiger partial charge in [0.2, 0.25) is 0 Å². The summed E-state index contributed by atoms with van der Waals surface area (Å²) in [7, 11) is 0. The minimum absolute atomic E-state index is 0. The van der Waals surface area contributed by atoms with Gasteiger partial charge in [-0.25, -0.2) is 0 Å². The van der Waals surface area contributed by atoms with Crippen molar-refractivity contribution in [1.29, 1.82) is 0 Å². The zero-order valence-electron chi connectivity index (χ0n) is 27.9. The van der Waals surface area contributed by atoms with Crippen molar-refractivity contribution >= 4 is 5.97 Å². The highest BCUT2D eigenvalue weighted by atomic mass is 16.7. The SMILES string of the molecule is CC12CC[C@@]34CC35CC[C@H](OC3CN(CCCC(=O)O)CCO3)C(C)(C)C5CCC4C1CC1OC([C@H](O)C(C)(C)O)CCC12.[HH]. The van der Waals surface area contributed by atoms with Crippen molar-refractivity contribution in [1.82, 2.24) is 4.90 Å². The first-order valence-electron chi connectivity index (χ1n) is 18.0. The van der Waals surface area contributed by atoms with Gasteiger partial charge in [-0.3, -0.25) is 9.69 Å². The molecule has 2 heterocycles. The summed E-state index contributed by atoms with van der Waals surface area (Å²) < 4.78 is 19.6. The third-order valence-electron chi connectivity index (χ3n) is 14.9. The number of fused-ring (bicyclic) bond motifs is 4. The molecule has 7 fully saturated rings. The third-order valence-corrected chi connectivity index (χ3v) is 14.9. The fourth-order valence-corrected chi connectivity index (χ4v) is 12.8. The minimum Gasteiger partial charge on any atom is -0.481 e. The molecule has 5 aliphatic carbocycles. The predicted molar refractivity (Wildman–Crippen MR) is 168 cm³/mol. The molecule has 44 heavy (non-hydrogen) atoms. The van der Waals surface area contributed by atoms with Crippen molar-refractivity contribution in [2.24, 2.45) is 45.3 Å². The van der Waals surface area contributed by atoms with E-state index in [4.69, 9.17) is 19.3 Å². The predicted octanol–water partition coefficient (Wildman–Crippen LogP) is 5.48. The van der Waals surface area contributed by atoms with E-state index >= 15 is 0 Å². The van der Waals surface area contributed by atoms with Crippen molar-refractivity contribution in [3.8, 4) is 0 Å². The Balaban J connectivity index is 0.00000357. The number of carbonyl (C=O) groups is 1. The lowest BCUT2D eigenvalue weighted by Gasteiger charge is -2.60. The van der Waals surface area contributed by atoms with Crippen molar-refractivity contribution < 1.29 is 35.8 Å². The van der Waals surface area contributed by atoms with E-state index in [0.717, 1.165) is 51.2 Å². The molecule has 5 saturated carbocycles. The van der Waals surface area contributed by atoms with Crippen LogP contribution in [0.25, 0.3) is 0 Å². The minimum atomic E-state index is -1.14. The third kappa shape index (κ3) is 4.86. The highest BCUT2D eigenvalue weighted by Gasteiger charge is 2.80. The maximum Gasteiger partial charge on any atom is 0.303 e. The van der Waals surface area contributed by atoms with Gasteiger partial charge in [-0.15, -0.1) is 0 Å². The van der Waals surface area contributed by atoms with Crippen LogP contribution in [0.4, 0.5) is 0 Å². The van der Waals surface area contributed by atoms with Gasteiger partial charge >= 0.3 is 5.97 Å². The van der Waals surface area contributed by atoms with Gasteiger partial charge < -0.3 is 29.5 Å². The molecule has 0 aromatic heterocycles. The van der Waals surface area contributed by atoms with E-state index in [1.165, 1.54) is 38.5 Å². The molecule has 8 nitrogen and oxygen atoms in total. The van der Waals surface area contributed by atoms with E-state index in [-0.39, 0.29) is 37.9 Å². The van der Waals surface area contributed by atoms with Gasteiger partial charge in [0.25, 0.3) is 0 Å². The lowest BCUT2D eigenvalue weighted by molar-refractivity contribution is -0.245. The number of ether oxygens (including phenoxy) is 3. The lowest BCUT2D eigenvalue weighted by atomic mass is 9.46. The topological polar surface area (TPSA) is 109 Å². The fourth-order valence-electron chi connectivity index (χ4n) is 12.8. The lowest BCUT2D eigenvalue weighted by Crippen LogP contribution is -2.56. The van der Waals surface area contributed by atoms with E-state index in [9.17, 15) is 15.0 Å². The fraction of sp³-hybridized carbons (Fsp3) is 0.972.